The van der Waals surface area contributed by atoms with Crippen molar-refractivity contribution in [1.82, 2.24) is 9.88 Å². The van der Waals surface area contributed by atoms with Crippen LogP contribution in [0.5, 0.6) is 5.75 Å². The van der Waals surface area contributed by atoms with Gasteiger partial charge >= 0.3 is 0 Å². The number of carbonyl (C=O) groups excluding carboxylic acids is 1. The molecule has 0 aliphatic carbocycles. The molecule has 1 unspecified atom stereocenters. The van der Waals surface area contributed by atoms with E-state index in [0.29, 0.717) is 38.5 Å². The molecule has 0 fully saturated rings. The number of hydrogen-bond donors (Lipinski definition) is 1. The van der Waals surface area contributed by atoms with E-state index in [0.717, 1.165) is 16.9 Å². The Morgan fingerprint density at radius 1 is 1.05 bits per heavy atom. The second-order valence-electron chi connectivity index (χ2n) is 9.37. The first-order valence-corrected chi connectivity index (χ1v) is 13.3. The summed E-state index contributed by atoms with van der Waals surface area (Å²) in [6, 6.07) is 17.4. The molecule has 1 aliphatic rings. The number of pyridine rings is 1. The van der Waals surface area contributed by atoms with Gasteiger partial charge in [0.25, 0.3) is 5.91 Å². The molecule has 5 nitrogen and oxygen atoms in total. The predicted octanol–water partition coefficient (Wildman–Crippen LogP) is 7.62. The maximum absolute atomic E-state index is 14.4. The molecule has 0 saturated heterocycles. The summed E-state index contributed by atoms with van der Waals surface area (Å²) < 4.78 is 20.4. The lowest BCUT2D eigenvalue weighted by Crippen LogP contribution is -2.28. The molecule has 3 aromatic carbocycles. The normalized spacial score (nSPS) is 14.5. The number of amides is 1. The van der Waals surface area contributed by atoms with Crippen LogP contribution in [0.15, 0.2) is 71.3 Å². The standard InChI is InChI=1S/C30H26BrClFN3O2/c1-17-4-5-20(12-18(17)2)14-34-29-27-26(24(31)15-35-29)28(23-13-21(33)8-11-25(23)32)36(30(27)37)16-19-6-9-22(38-3)10-7-19/h4-13,15,28H,14,16H2,1-3H3,(H,34,35). The summed E-state index contributed by atoms with van der Waals surface area (Å²) in [5.41, 5.74) is 6.06. The van der Waals surface area contributed by atoms with Crippen molar-refractivity contribution < 1.29 is 13.9 Å². The van der Waals surface area contributed by atoms with Gasteiger partial charge in [-0.3, -0.25) is 4.79 Å². The zero-order valence-corrected chi connectivity index (χ0v) is 23.5. The molecule has 1 amide bonds. The molecule has 0 saturated carbocycles. The maximum Gasteiger partial charge on any atom is 0.259 e. The Morgan fingerprint density at radius 3 is 2.50 bits per heavy atom. The average Bonchev–Trinajstić information content (AvgIpc) is 3.20. The van der Waals surface area contributed by atoms with Gasteiger partial charge in [0.1, 0.15) is 17.4 Å². The fourth-order valence-corrected chi connectivity index (χ4v) is 5.51. The van der Waals surface area contributed by atoms with E-state index in [1.165, 1.54) is 29.3 Å². The lowest BCUT2D eigenvalue weighted by molar-refractivity contribution is 0.0736. The van der Waals surface area contributed by atoms with Gasteiger partial charge in [-0.15, -0.1) is 0 Å². The number of hydrogen-bond acceptors (Lipinski definition) is 4. The number of fused-ring (bicyclic) bond motifs is 1. The van der Waals surface area contributed by atoms with E-state index >= 15 is 0 Å². The van der Waals surface area contributed by atoms with Crippen LogP contribution in [0.1, 0.15) is 49.8 Å². The van der Waals surface area contributed by atoms with Crippen LogP contribution in [0.25, 0.3) is 0 Å². The molecule has 1 N–H and O–H groups in total. The zero-order valence-electron chi connectivity index (χ0n) is 21.2. The number of carbonyl (C=O) groups is 1. The first-order chi connectivity index (χ1) is 18.3. The number of nitrogens with zero attached hydrogens (tertiary/aromatic N) is 2. The molecule has 4 aromatic rings. The van der Waals surface area contributed by atoms with Crippen molar-refractivity contribution >= 4 is 39.3 Å². The molecule has 5 rings (SSSR count). The summed E-state index contributed by atoms with van der Waals surface area (Å²) in [5, 5.41) is 3.74. The number of halogens is 3. The van der Waals surface area contributed by atoms with Crippen molar-refractivity contribution in [3.8, 4) is 5.75 Å². The van der Waals surface area contributed by atoms with Gasteiger partial charge in [-0.05, 0) is 82.4 Å². The molecule has 2 heterocycles. The minimum absolute atomic E-state index is 0.211. The monoisotopic (exact) mass is 593 g/mol. The quantitative estimate of drug-likeness (QED) is 0.239. The minimum atomic E-state index is -0.609. The second-order valence-corrected chi connectivity index (χ2v) is 10.6. The Hall–Kier alpha value is -3.42. The number of nitrogens with one attached hydrogen (secondary N) is 1. The number of rotatable bonds is 7. The van der Waals surface area contributed by atoms with Crippen molar-refractivity contribution in [3.63, 3.8) is 0 Å². The summed E-state index contributed by atoms with van der Waals surface area (Å²) in [5.74, 6) is 0.561. The van der Waals surface area contributed by atoms with E-state index in [-0.39, 0.29) is 12.5 Å². The summed E-state index contributed by atoms with van der Waals surface area (Å²) in [4.78, 5) is 20.3. The largest absolute Gasteiger partial charge is 0.497 e. The van der Waals surface area contributed by atoms with Crippen molar-refractivity contribution in [1.29, 1.82) is 0 Å². The smallest absolute Gasteiger partial charge is 0.259 e. The van der Waals surface area contributed by atoms with Crippen LogP contribution < -0.4 is 10.1 Å². The highest BCUT2D eigenvalue weighted by atomic mass is 79.9. The molecule has 0 radical (unpaired) electrons. The topological polar surface area (TPSA) is 54.5 Å². The zero-order chi connectivity index (χ0) is 27.0. The van der Waals surface area contributed by atoms with Gasteiger partial charge in [0.05, 0.1) is 18.7 Å². The third kappa shape index (κ3) is 5.00. The van der Waals surface area contributed by atoms with Crippen LogP contribution in [0.2, 0.25) is 5.02 Å². The third-order valence-corrected chi connectivity index (χ3v) is 7.90. The van der Waals surface area contributed by atoms with E-state index in [1.807, 2.05) is 24.3 Å². The molecule has 0 spiro atoms. The van der Waals surface area contributed by atoms with Gasteiger partial charge in [0.2, 0.25) is 0 Å². The number of anilines is 1. The minimum Gasteiger partial charge on any atom is -0.497 e. The van der Waals surface area contributed by atoms with E-state index < -0.39 is 11.9 Å². The average molecular weight is 595 g/mol. The van der Waals surface area contributed by atoms with Gasteiger partial charge in [-0.2, -0.15) is 0 Å². The van der Waals surface area contributed by atoms with Crippen LogP contribution in [0, 0.1) is 19.7 Å². The highest BCUT2D eigenvalue weighted by Gasteiger charge is 2.42. The second kappa shape index (κ2) is 10.8. The van der Waals surface area contributed by atoms with E-state index in [2.05, 4.69) is 58.3 Å². The van der Waals surface area contributed by atoms with E-state index in [9.17, 15) is 9.18 Å². The van der Waals surface area contributed by atoms with Gasteiger partial charge in [0.15, 0.2) is 0 Å². The van der Waals surface area contributed by atoms with E-state index in [1.54, 1.807) is 18.2 Å². The molecule has 1 aromatic heterocycles. The molecule has 1 aliphatic heterocycles. The van der Waals surface area contributed by atoms with Crippen molar-refractivity contribution in [2.24, 2.45) is 0 Å². The fraction of sp³-hybridized carbons (Fsp3) is 0.200. The number of aromatic nitrogens is 1. The fourth-order valence-electron chi connectivity index (χ4n) is 4.77. The molecule has 8 heteroatoms. The van der Waals surface area contributed by atoms with Gasteiger partial charge in [-0.25, -0.2) is 9.37 Å². The number of benzene rings is 3. The van der Waals surface area contributed by atoms with Crippen LogP contribution in [-0.2, 0) is 13.1 Å². The predicted molar refractivity (Wildman–Crippen MR) is 151 cm³/mol. The lowest BCUT2D eigenvalue weighted by Gasteiger charge is -2.27. The van der Waals surface area contributed by atoms with Crippen molar-refractivity contribution in [2.75, 3.05) is 12.4 Å². The Bertz CT molecular complexity index is 1530. The summed E-state index contributed by atoms with van der Waals surface area (Å²) in [6.45, 7) is 4.93. The lowest BCUT2D eigenvalue weighted by atomic mass is 9.98. The SMILES string of the molecule is COc1ccc(CN2C(=O)c3c(NCc4ccc(C)c(C)c4)ncc(Br)c3C2c2cc(F)ccc2Cl)cc1. The summed E-state index contributed by atoms with van der Waals surface area (Å²) >= 11 is 10.2. The van der Waals surface area contributed by atoms with Crippen LogP contribution in [-0.4, -0.2) is 22.9 Å². The van der Waals surface area contributed by atoms with Gasteiger partial charge < -0.3 is 15.0 Å². The maximum atomic E-state index is 14.4. The Labute approximate surface area is 234 Å². The summed E-state index contributed by atoms with van der Waals surface area (Å²) in [7, 11) is 1.61. The highest BCUT2D eigenvalue weighted by Crippen LogP contribution is 2.47. The molecule has 0 bridgehead atoms. The molecule has 1 atom stereocenters. The Kier molecular flexibility index (Phi) is 7.41. The van der Waals surface area contributed by atoms with Crippen molar-refractivity contribution in [2.45, 2.75) is 33.0 Å². The van der Waals surface area contributed by atoms with E-state index in [4.69, 9.17) is 16.3 Å². The third-order valence-electron chi connectivity index (χ3n) is 6.93. The Morgan fingerprint density at radius 2 is 1.79 bits per heavy atom. The van der Waals surface area contributed by atoms with Crippen LogP contribution in [0.4, 0.5) is 10.2 Å². The molecular formula is C30H26BrClFN3O2. The van der Waals surface area contributed by atoms with Gasteiger partial charge in [0, 0.05) is 39.9 Å². The number of aryl methyl sites for hydroxylation is 2. The van der Waals surface area contributed by atoms with Crippen LogP contribution in [0.3, 0.4) is 0 Å². The van der Waals surface area contributed by atoms with Crippen molar-refractivity contribution in [3.05, 3.63) is 121 Å². The number of ether oxygens (including phenoxy) is 1. The molecule has 194 valence electrons. The Balaban J connectivity index is 1.58. The summed E-state index contributed by atoms with van der Waals surface area (Å²) in [6.07, 6.45) is 1.67. The molecule has 38 heavy (non-hydrogen) atoms. The first-order valence-electron chi connectivity index (χ1n) is 12.1. The molecular weight excluding hydrogens is 569 g/mol. The first kappa shape index (κ1) is 26.2. The highest BCUT2D eigenvalue weighted by molar-refractivity contribution is 9.10. The van der Waals surface area contributed by atoms with Crippen LogP contribution >= 0.6 is 27.5 Å². The number of methoxy groups -OCH3 is 1. The van der Waals surface area contributed by atoms with Gasteiger partial charge in [-0.1, -0.05) is 41.9 Å².